The highest BCUT2D eigenvalue weighted by Gasteiger charge is 2.07. The highest BCUT2D eigenvalue weighted by Crippen LogP contribution is 2.09. The molecule has 0 saturated heterocycles. The van der Waals surface area contributed by atoms with Gasteiger partial charge in [-0.3, -0.25) is 4.79 Å². The molecule has 0 aliphatic heterocycles. The van der Waals surface area contributed by atoms with Crippen molar-refractivity contribution in [2.45, 2.75) is 26.8 Å². The van der Waals surface area contributed by atoms with E-state index in [1.165, 1.54) is 17.5 Å². The lowest BCUT2D eigenvalue weighted by Gasteiger charge is -2.08. The molecule has 1 aromatic carbocycles. The van der Waals surface area contributed by atoms with Crippen LogP contribution < -0.4 is 10.6 Å². The van der Waals surface area contributed by atoms with Crippen molar-refractivity contribution in [1.82, 2.24) is 15.3 Å². The molecule has 0 atom stereocenters. The van der Waals surface area contributed by atoms with E-state index in [2.05, 4.69) is 45.7 Å². The zero-order valence-electron chi connectivity index (χ0n) is 12.4. The van der Waals surface area contributed by atoms with Crippen molar-refractivity contribution in [1.29, 1.82) is 0 Å². The number of carbonyl (C=O) groups excluding carboxylic acids is 1. The van der Waals surface area contributed by atoms with E-state index in [0.717, 1.165) is 6.42 Å². The van der Waals surface area contributed by atoms with Crippen LogP contribution in [-0.2, 0) is 6.54 Å². The number of benzene rings is 1. The van der Waals surface area contributed by atoms with Crippen LogP contribution in [0.1, 0.15) is 35.0 Å². The number of anilines is 1. The van der Waals surface area contributed by atoms with Gasteiger partial charge in [0, 0.05) is 19.2 Å². The van der Waals surface area contributed by atoms with Gasteiger partial charge < -0.3 is 10.6 Å². The molecular weight excluding hydrogens is 264 g/mol. The Morgan fingerprint density at radius 3 is 2.86 bits per heavy atom. The Hall–Kier alpha value is -2.43. The molecular formula is C16H20N4O. The summed E-state index contributed by atoms with van der Waals surface area (Å²) in [5.41, 5.74) is 2.77. The van der Waals surface area contributed by atoms with Crippen molar-refractivity contribution in [3.63, 3.8) is 0 Å². The predicted octanol–water partition coefficient (Wildman–Crippen LogP) is 2.54. The van der Waals surface area contributed by atoms with Crippen molar-refractivity contribution in [3.8, 4) is 0 Å². The van der Waals surface area contributed by atoms with Crippen LogP contribution in [0.15, 0.2) is 36.7 Å². The molecule has 0 saturated carbocycles. The van der Waals surface area contributed by atoms with Gasteiger partial charge in [0.2, 0.25) is 0 Å². The lowest BCUT2D eigenvalue weighted by molar-refractivity contribution is 0.0948. The van der Waals surface area contributed by atoms with Crippen LogP contribution >= 0.6 is 0 Å². The number of hydrogen-bond donors (Lipinski definition) is 2. The minimum absolute atomic E-state index is 0.169. The van der Waals surface area contributed by atoms with Gasteiger partial charge in [-0.05, 0) is 18.9 Å². The Labute approximate surface area is 124 Å². The molecule has 2 rings (SSSR count). The molecule has 0 radical (unpaired) electrons. The molecule has 5 heteroatoms. The molecule has 110 valence electrons. The maximum Gasteiger partial charge on any atom is 0.270 e. The van der Waals surface area contributed by atoms with Gasteiger partial charge in [0.15, 0.2) is 0 Å². The third kappa shape index (κ3) is 4.56. The summed E-state index contributed by atoms with van der Waals surface area (Å²) in [7, 11) is 0. The highest BCUT2D eigenvalue weighted by molar-refractivity contribution is 5.92. The van der Waals surface area contributed by atoms with Crippen molar-refractivity contribution >= 4 is 11.7 Å². The molecule has 0 fully saturated rings. The van der Waals surface area contributed by atoms with E-state index >= 15 is 0 Å². The monoisotopic (exact) mass is 284 g/mol. The normalized spacial score (nSPS) is 10.2. The van der Waals surface area contributed by atoms with Gasteiger partial charge in [-0.2, -0.15) is 0 Å². The molecule has 2 aromatic rings. The van der Waals surface area contributed by atoms with Gasteiger partial charge in [0.05, 0.1) is 0 Å². The van der Waals surface area contributed by atoms with Gasteiger partial charge >= 0.3 is 0 Å². The lowest BCUT2D eigenvalue weighted by atomic mass is 10.1. The van der Waals surface area contributed by atoms with Crippen LogP contribution in [0.25, 0.3) is 0 Å². The van der Waals surface area contributed by atoms with Gasteiger partial charge in [-0.25, -0.2) is 9.97 Å². The fourth-order valence-corrected chi connectivity index (χ4v) is 1.92. The Morgan fingerprint density at radius 2 is 2.10 bits per heavy atom. The summed E-state index contributed by atoms with van der Waals surface area (Å²) in [5.74, 6) is 0.478. The highest BCUT2D eigenvalue weighted by atomic mass is 16.1. The van der Waals surface area contributed by atoms with Crippen LogP contribution in [0, 0.1) is 6.92 Å². The Kier molecular flexibility index (Phi) is 5.26. The second-order valence-electron chi connectivity index (χ2n) is 4.89. The summed E-state index contributed by atoms with van der Waals surface area (Å²) < 4.78 is 0. The smallest absolute Gasteiger partial charge is 0.270 e. The van der Waals surface area contributed by atoms with E-state index in [1.807, 2.05) is 13.0 Å². The molecule has 1 amide bonds. The van der Waals surface area contributed by atoms with E-state index in [4.69, 9.17) is 0 Å². The van der Waals surface area contributed by atoms with Crippen LogP contribution in [0.4, 0.5) is 5.82 Å². The van der Waals surface area contributed by atoms with Crippen LogP contribution in [0.2, 0.25) is 0 Å². The molecule has 0 bridgehead atoms. The molecule has 2 N–H and O–H groups in total. The number of aryl methyl sites for hydroxylation is 1. The molecule has 0 spiro atoms. The summed E-state index contributed by atoms with van der Waals surface area (Å²) in [6, 6.07) is 9.92. The average molecular weight is 284 g/mol. The standard InChI is InChI=1S/C16H20N4O/c1-3-7-17-16(21)14-9-15(20-11-19-14)18-10-13-6-4-5-12(2)8-13/h4-6,8-9,11H,3,7,10H2,1-2H3,(H,17,21)(H,18,19,20). The summed E-state index contributed by atoms with van der Waals surface area (Å²) in [6.07, 6.45) is 2.30. The molecule has 0 aliphatic carbocycles. The van der Waals surface area contributed by atoms with Crippen molar-refractivity contribution in [2.75, 3.05) is 11.9 Å². The first-order valence-corrected chi connectivity index (χ1v) is 7.08. The van der Waals surface area contributed by atoms with Crippen LogP contribution in [0.5, 0.6) is 0 Å². The Morgan fingerprint density at radius 1 is 1.24 bits per heavy atom. The van der Waals surface area contributed by atoms with Gasteiger partial charge in [0.25, 0.3) is 5.91 Å². The second kappa shape index (κ2) is 7.38. The van der Waals surface area contributed by atoms with Crippen molar-refractivity contribution in [2.24, 2.45) is 0 Å². The van der Waals surface area contributed by atoms with Crippen LogP contribution in [0.3, 0.4) is 0 Å². The first kappa shape index (κ1) is 15.0. The summed E-state index contributed by atoms with van der Waals surface area (Å²) >= 11 is 0. The first-order chi connectivity index (χ1) is 10.2. The number of amides is 1. The molecule has 0 unspecified atom stereocenters. The second-order valence-corrected chi connectivity index (χ2v) is 4.89. The van der Waals surface area contributed by atoms with Gasteiger partial charge in [-0.15, -0.1) is 0 Å². The fraction of sp³-hybridized carbons (Fsp3) is 0.312. The van der Waals surface area contributed by atoms with E-state index in [9.17, 15) is 4.79 Å². The fourth-order valence-electron chi connectivity index (χ4n) is 1.92. The van der Waals surface area contributed by atoms with E-state index in [-0.39, 0.29) is 5.91 Å². The van der Waals surface area contributed by atoms with E-state index < -0.39 is 0 Å². The number of rotatable bonds is 6. The topological polar surface area (TPSA) is 66.9 Å². The minimum Gasteiger partial charge on any atom is -0.366 e. The Bertz CT molecular complexity index is 613. The largest absolute Gasteiger partial charge is 0.366 e. The maximum absolute atomic E-state index is 11.8. The quantitative estimate of drug-likeness (QED) is 0.855. The number of carbonyl (C=O) groups is 1. The van der Waals surface area contributed by atoms with Gasteiger partial charge in [-0.1, -0.05) is 36.8 Å². The summed E-state index contributed by atoms with van der Waals surface area (Å²) in [6.45, 7) is 5.38. The third-order valence-corrected chi connectivity index (χ3v) is 2.99. The third-order valence-electron chi connectivity index (χ3n) is 2.99. The van der Waals surface area contributed by atoms with E-state index in [1.54, 1.807) is 6.07 Å². The SMILES string of the molecule is CCCNC(=O)c1cc(NCc2cccc(C)c2)ncn1. The van der Waals surface area contributed by atoms with Crippen molar-refractivity contribution < 1.29 is 4.79 Å². The van der Waals surface area contributed by atoms with Crippen molar-refractivity contribution in [3.05, 3.63) is 53.5 Å². The molecule has 0 aliphatic rings. The number of aromatic nitrogens is 2. The molecule has 1 aromatic heterocycles. The summed E-state index contributed by atoms with van der Waals surface area (Å²) in [5, 5.41) is 6.01. The molecule has 1 heterocycles. The zero-order chi connectivity index (χ0) is 15.1. The Balaban J connectivity index is 1.99. The minimum atomic E-state index is -0.169. The number of hydrogen-bond acceptors (Lipinski definition) is 4. The zero-order valence-corrected chi connectivity index (χ0v) is 12.4. The average Bonchev–Trinajstić information content (AvgIpc) is 2.51. The lowest BCUT2D eigenvalue weighted by Crippen LogP contribution is -2.25. The first-order valence-electron chi connectivity index (χ1n) is 7.08. The van der Waals surface area contributed by atoms with Gasteiger partial charge in [0.1, 0.15) is 17.8 Å². The van der Waals surface area contributed by atoms with E-state index in [0.29, 0.717) is 24.6 Å². The van der Waals surface area contributed by atoms with Crippen LogP contribution in [-0.4, -0.2) is 22.4 Å². The molecule has 21 heavy (non-hydrogen) atoms. The number of nitrogens with one attached hydrogen (secondary N) is 2. The summed E-state index contributed by atoms with van der Waals surface area (Å²) in [4.78, 5) is 20.0. The molecule has 5 nitrogen and oxygen atoms in total. The number of nitrogens with zero attached hydrogens (tertiary/aromatic N) is 2. The maximum atomic E-state index is 11.8. The predicted molar refractivity (Wildman–Crippen MR) is 83.2 cm³/mol.